The standard InChI is InChI=1S/C23H19N7O8S2/c24-23-26-13(8-40-23)15(28-36)19(32)27-16-20(33)29-17(22(34)35)12(7-39-21(16)29)14(11-4-5-25-18(11)31)9-2-1-3-10(6-9)30(37)38/h1-3,6,8,16,21,36H,4-5,7H2,(H2,24,26)(H,25,31)(H,27,32)(H,34,35)/t16-,21-/m1/s1. The second kappa shape index (κ2) is 10.4. The summed E-state index contributed by atoms with van der Waals surface area (Å²) >= 11 is 2.16. The molecule has 5 rings (SSSR count). The quantitative estimate of drug-likeness (QED) is 0.0751. The van der Waals surface area contributed by atoms with E-state index in [-0.39, 0.29) is 51.0 Å². The highest BCUT2D eigenvalue weighted by Crippen LogP contribution is 2.45. The summed E-state index contributed by atoms with van der Waals surface area (Å²) in [5.74, 6) is -3.53. The number of carboxylic acids is 1. The van der Waals surface area contributed by atoms with E-state index in [4.69, 9.17) is 5.73 Å². The lowest BCUT2D eigenvalue weighted by atomic mass is 9.89. The molecule has 0 saturated carbocycles. The molecule has 0 radical (unpaired) electrons. The number of aromatic nitrogens is 1. The van der Waals surface area contributed by atoms with E-state index in [1.165, 1.54) is 29.6 Å². The zero-order valence-electron chi connectivity index (χ0n) is 20.2. The second-order valence-corrected chi connectivity index (χ2v) is 10.7. The minimum absolute atomic E-state index is 0.00102. The van der Waals surface area contributed by atoms with Crippen molar-refractivity contribution in [1.82, 2.24) is 20.5 Å². The summed E-state index contributed by atoms with van der Waals surface area (Å²) < 4.78 is 0. The number of carbonyl (C=O) groups excluding carboxylic acids is 3. The lowest BCUT2D eigenvalue weighted by Crippen LogP contribution is -2.71. The molecule has 206 valence electrons. The van der Waals surface area contributed by atoms with Gasteiger partial charge in [0, 0.05) is 41.0 Å². The number of rotatable bonds is 7. The molecule has 0 bridgehead atoms. The molecule has 1 aromatic heterocycles. The number of aliphatic carboxylic acids is 1. The predicted molar refractivity (Wildman–Crippen MR) is 142 cm³/mol. The average Bonchev–Trinajstić information content (AvgIpc) is 3.55. The van der Waals surface area contributed by atoms with Gasteiger partial charge in [0.15, 0.2) is 10.8 Å². The van der Waals surface area contributed by atoms with Gasteiger partial charge in [0.2, 0.25) is 5.91 Å². The molecular formula is C23H19N7O8S2. The number of amides is 3. The first-order chi connectivity index (χ1) is 19.1. The number of allylic oxidation sites excluding steroid dienone is 1. The van der Waals surface area contributed by atoms with Gasteiger partial charge in [-0.05, 0) is 17.6 Å². The third-order valence-electron chi connectivity index (χ3n) is 6.42. The van der Waals surface area contributed by atoms with Gasteiger partial charge in [-0.1, -0.05) is 17.3 Å². The minimum Gasteiger partial charge on any atom is -0.477 e. The van der Waals surface area contributed by atoms with Gasteiger partial charge in [-0.15, -0.1) is 23.1 Å². The summed E-state index contributed by atoms with van der Waals surface area (Å²) in [5.41, 5.74) is 5.32. The first-order valence-electron chi connectivity index (χ1n) is 11.5. The normalized spacial score (nSPS) is 21.9. The Hall–Kier alpha value is -4.77. The Labute approximate surface area is 232 Å². The largest absolute Gasteiger partial charge is 0.477 e. The van der Waals surface area contributed by atoms with Crippen molar-refractivity contribution in [2.75, 3.05) is 18.0 Å². The van der Waals surface area contributed by atoms with Crippen molar-refractivity contribution in [3.05, 3.63) is 67.9 Å². The molecule has 2 atom stereocenters. The van der Waals surface area contributed by atoms with E-state index in [0.29, 0.717) is 6.54 Å². The Bertz CT molecular complexity index is 1580. The van der Waals surface area contributed by atoms with Crippen LogP contribution in [0.4, 0.5) is 10.8 Å². The third kappa shape index (κ3) is 4.54. The van der Waals surface area contributed by atoms with Crippen molar-refractivity contribution in [1.29, 1.82) is 0 Å². The topological polar surface area (TPSA) is 230 Å². The van der Waals surface area contributed by atoms with Gasteiger partial charge in [0.05, 0.1) is 4.92 Å². The molecule has 0 unspecified atom stereocenters. The molecule has 40 heavy (non-hydrogen) atoms. The molecule has 2 saturated heterocycles. The van der Waals surface area contributed by atoms with Gasteiger partial charge in [-0.25, -0.2) is 9.78 Å². The van der Waals surface area contributed by atoms with Crippen LogP contribution in [-0.4, -0.2) is 78.2 Å². The highest BCUT2D eigenvalue weighted by atomic mass is 32.2. The van der Waals surface area contributed by atoms with Crippen molar-refractivity contribution < 1.29 is 34.4 Å². The van der Waals surface area contributed by atoms with Crippen LogP contribution in [0.25, 0.3) is 5.57 Å². The molecular weight excluding hydrogens is 566 g/mol. The number of non-ortho nitro benzene ring substituents is 1. The maximum Gasteiger partial charge on any atom is 0.352 e. The maximum atomic E-state index is 13.2. The minimum atomic E-state index is -1.45. The number of hydrogen-bond donors (Lipinski definition) is 5. The van der Waals surface area contributed by atoms with Crippen molar-refractivity contribution in [3.8, 4) is 0 Å². The van der Waals surface area contributed by atoms with Crippen LogP contribution in [0.15, 0.2) is 51.6 Å². The molecule has 4 heterocycles. The molecule has 1 aromatic carbocycles. The van der Waals surface area contributed by atoms with Crippen LogP contribution in [0.2, 0.25) is 0 Å². The highest BCUT2D eigenvalue weighted by molar-refractivity contribution is 8.00. The van der Waals surface area contributed by atoms with E-state index in [1.54, 1.807) is 0 Å². The van der Waals surface area contributed by atoms with Gasteiger partial charge in [0.1, 0.15) is 22.8 Å². The number of nitrogens with two attached hydrogens (primary N) is 1. The lowest BCUT2D eigenvalue weighted by molar-refractivity contribution is -0.384. The predicted octanol–water partition coefficient (Wildman–Crippen LogP) is 0.524. The highest BCUT2D eigenvalue weighted by Gasteiger charge is 2.55. The Morgan fingerprint density at radius 3 is 2.70 bits per heavy atom. The number of benzene rings is 1. The fourth-order valence-corrected chi connectivity index (χ4v) is 6.60. The van der Waals surface area contributed by atoms with Crippen LogP contribution >= 0.6 is 23.1 Å². The number of nitrogens with zero attached hydrogens (tertiary/aromatic N) is 4. The first kappa shape index (κ1) is 26.8. The number of anilines is 1. The average molecular weight is 586 g/mol. The van der Waals surface area contributed by atoms with Crippen molar-refractivity contribution in [3.63, 3.8) is 0 Å². The number of carbonyl (C=O) groups is 4. The SMILES string of the molecule is Nc1nc(C(=NO)C(=O)N[C@@H]2C(=O)N3C(C(=O)O)=C(C(=C4CCNC4=O)c4cccc([N+](=O)[O-])c4)CS[C@H]23)cs1. The zero-order valence-corrected chi connectivity index (χ0v) is 21.8. The number of nitro groups is 1. The number of β-lactam (4-membered cyclic amide) rings is 1. The molecule has 17 heteroatoms. The molecule has 0 spiro atoms. The van der Waals surface area contributed by atoms with Gasteiger partial charge in [-0.2, -0.15) is 0 Å². The second-order valence-electron chi connectivity index (χ2n) is 8.68. The molecule has 3 amide bonds. The summed E-state index contributed by atoms with van der Waals surface area (Å²) in [7, 11) is 0. The van der Waals surface area contributed by atoms with Crippen LogP contribution in [0.5, 0.6) is 0 Å². The molecule has 3 aliphatic rings. The Balaban J connectivity index is 1.52. The van der Waals surface area contributed by atoms with Gasteiger partial charge in [0.25, 0.3) is 17.5 Å². The summed E-state index contributed by atoms with van der Waals surface area (Å²) in [6, 6.07) is 4.34. The number of oxime groups is 1. The van der Waals surface area contributed by atoms with Crippen LogP contribution in [0, 0.1) is 10.1 Å². The molecule has 0 aliphatic carbocycles. The van der Waals surface area contributed by atoms with E-state index >= 15 is 0 Å². The van der Waals surface area contributed by atoms with E-state index < -0.39 is 51.4 Å². The molecule has 15 nitrogen and oxygen atoms in total. The first-order valence-corrected chi connectivity index (χ1v) is 13.5. The number of nitrogens with one attached hydrogen (secondary N) is 2. The molecule has 2 fully saturated rings. The van der Waals surface area contributed by atoms with Crippen molar-refractivity contribution >= 4 is 68.9 Å². The number of carboxylic acid groups (broad SMARTS) is 1. The fourth-order valence-electron chi connectivity index (χ4n) is 4.69. The number of nitrogen functional groups attached to an aromatic ring is 1. The number of hydrogen-bond acceptors (Lipinski definition) is 12. The Kier molecular flexibility index (Phi) is 6.99. The number of nitro benzene ring substituents is 1. The summed E-state index contributed by atoms with van der Waals surface area (Å²) in [6.07, 6.45) is 0.248. The Morgan fingerprint density at radius 1 is 1.32 bits per heavy atom. The molecule has 2 aromatic rings. The van der Waals surface area contributed by atoms with Gasteiger partial charge < -0.3 is 26.7 Å². The summed E-state index contributed by atoms with van der Waals surface area (Å²) in [5, 5.41) is 39.7. The number of fused-ring (bicyclic) bond motifs is 1. The maximum absolute atomic E-state index is 13.2. The monoisotopic (exact) mass is 585 g/mol. The molecule has 6 N–H and O–H groups in total. The van der Waals surface area contributed by atoms with Crippen molar-refractivity contribution in [2.45, 2.75) is 17.8 Å². The van der Waals surface area contributed by atoms with Crippen LogP contribution in [0.3, 0.4) is 0 Å². The summed E-state index contributed by atoms with van der Waals surface area (Å²) in [4.78, 5) is 66.9. The van der Waals surface area contributed by atoms with E-state index in [1.807, 2.05) is 0 Å². The summed E-state index contributed by atoms with van der Waals surface area (Å²) in [6.45, 7) is 0.300. The van der Waals surface area contributed by atoms with Crippen molar-refractivity contribution in [2.24, 2.45) is 5.16 Å². The van der Waals surface area contributed by atoms with Gasteiger partial charge >= 0.3 is 5.97 Å². The number of thioether (sulfide) groups is 1. The van der Waals surface area contributed by atoms with E-state index in [9.17, 15) is 39.6 Å². The van der Waals surface area contributed by atoms with E-state index in [2.05, 4.69) is 20.8 Å². The third-order valence-corrected chi connectivity index (χ3v) is 8.37. The van der Waals surface area contributed by atoms with Gasteiger partial charge in [-0.3, -0.25) is 29.4 Å². The van der Waals surface area contributed by atoms with E-state index in [0.717, 1.165) is 28.0 Å². The lowest BCUT2D eigenvalue weighted by Gasteiger charge is -2.49. The fraction of sp³-hybridized carbons (Fsp3) is 0.217. The zero-order chi connectivity index (χ0) is 28.7. The Morgan fingerprint density at radius 2 is 2.10 bits per heavy atom. The van der Waals surface area contributed by atoms with Crippen LogP contribution < -0.4 is 16.4 Å². The van der Waals surface area contributed by atoms with Crippen LogP contribution in [-0.2, 0) is 19.2 Å². The smallest absolute Gasteiger partial charge is 0.352 e. The van der Waals surface area contributed by atoms with Crippen LogP contribution in [0.1, 0.15) is 17.7 Å². The number of thiazole rings is 1. The molecule has 3 aliphatic heterocycles.